The minimum absolute atomic E-state index is 0.309. The molecule has 0 bridgehead atoms. The molecule has 0 saturated heterocycles. The Kier molecular flexibility index (Phi) is 11.1. The first kappa shape index (κ1) is 16.2. The lowest BCUT2D eigenvalue weighted by molar-refractivity contribution is 0.130. The molecular weight excluding hydrogens is 220 g/mol. The van der Waals surface area contributed by atoms with E-state index in [0.29, 0.717) is 25.7 Å². The van der Waals surface area contributed by atoms with E-state index in [0.717, 1.165) is 32.1 Å². The second-order valence-corrected chi connectivity index (χ2v) is 4.53. The van der Waals surface area contributed by atoms with Crippen molar-refractivity contribution in [3.8, 4) is 0 Å². The average Bonchev–Trinajstić information content (AvgIpc) is 2.27. The van der Waals surface area contributed by atoms with Crippen LogP contribution in [-0.4, -0.2) is 25.9 Å². The van der Waals surface area contributed by atoms with Crippen LogP contribution in [0.2, 0.25) is 0 Å². The minimum atomic E-state index is -0.309. The van der Waals surface area contributed by atoms with Crippen molar-refractivity contribution in [3.05, 3.63) is 0 Å². The number of carbonyl (C=O) groups is 1. The Morgan fingerprint density at radius 3 is 2.41 bits per heavy atom. The fourth-order valence-corrected chi connectivity index (χ4v) is 1.32. The molecule has 0 aromatic heterocycles. The topological polar surface area (TPSA) is 73.6 Å². The summed E-state index contributed by atoms with van der Waals surface area (Å²) >= 11 is 0. The molecule has 5 heteroatoms. The molecule has 0 spiro atoms. The van der Waals surface area contributed by atoms with Gasteiger partial charge < -0.3 is 14.9 Å². The lowest BCUT2D eigenvalue weighted by Gasteiger charge is -2.08. The maximum absolute atomic E-state index is 11.2. The molecule has 0 unspecified atom stereocenters. The summed E-state index contributed by atoms with van der Waals surface area (Å²) in [6.07, 6.45) is 4.60. The van der Waals surface area contributed by atoms with Gasteiger partial charge in [-0.15, -0.1) is 0 Å². The largest absolute Gasteiger partial charge is 0.450 e. The number of rotatable bonds is 10. The average molecular weight is 246 g/mol. The molecular formula is C12H26N2O3. The monoisotopic (exact) mass is 246 g/mol. The van der Waals surface area contributed by atoms with Crippen molar-refractivity contribution >= 4 is 6.09 Å². The second-order valence-electron chi connectivity index (χ2n) is 4.53. The van der Waals surface area contributed by atoms with Gasteiger partial charge in [-0.25, -0.2) is 10.7 Å². The van der Waals surface area contributed by atoms with Gasteiger partial charge in [-0.3, -0.25) is 0 Å². The zero-order chi connectivity index (χ0) is 12.9. The lowest BCUT2D eigenvalue weighted by atomic mass is 10.1. The van der Waals surface area contributed by atoms with Crippen LogP contribution in [0.3, 0.4) is 0 Å². The molecule has 0 aromatic carbocycles. The molecule has 17 heavy (non-hydrogen) atoms. The van der Waals surface area contributed by atoms with Crippen LogP contribution in [0.25, 0.3) is 0 Å². The van der Waals surface area contributed by atoms with Crippen LogP contribution < -0.4 is 11.2 Å². The molecule has 0 radical (unpaired) electrons. The van der Waals surface area contributed by atoms with Crippen LogP contribution in [-0.2, 0) is 9.57 Å². The van der Waals surface area contributed by atoms with E-state index in [1.807, 2.05) is 0 Å². The standard InChI is InChI=1S/C12H26N2O3/c1-11(2)7-8-14-12(15)16-9-5-3-4-6-10-17-13/h11H,3-10,13H2,1-2H3,(H,14,15). The number of hydrogen-bond acceptors (Lipinski definition) is 4. The summed E-state index contributed by atoms with van der Waals surface area (Å²) in [6.45, 7) is 6.01. The summed E-state index contributed by atoms with van der Waals surface area (Å²) in [6, 6.07) is 0. The van der Waals surface area contributed by atoms with E-state index >= 15 is 0 Å². The van der Waals surface area contributed by atoms with E-state index in [-0.39, 0.29) is 6.09 Å². The van der Waals surface area contributed by atoms with Crippen LogP contribution in [0.4, 0.5) is 4.79 Å². The van der Waals surface area contributed by atoms with Gasteiger partial charge in [-0.05, 0) is 31.6 Å². The van der Waals surface area contributed by atoms with E-state index in [9.17, 15) is 4.79 Å². The number of hydrogen-bond donors (Lipinski definition) is 2. The number of amides is 1. The Labute approximate surface area is 104 Å². The number of nitrogens with two attached hydrogens (primary N) is 1. The van der Waals surface area contributed by atoms with Gasteiger partial charge in [0.05, 0.1) is 13.2 Å². The molecule has 5 nitrogen and oxygen atoms in total. The van der Waals surface area contributed by atoms with E-state index in [1.165, 1.54) is 0 Å². The zero-order valence-electron chi connectivity index (χ0n) is 11.0. The smallest absolute Gasteiger partial charge is 0.407 e. The Hall–Kier alpha value is -0.810. The van der Waals surface area contributed by atoms with Crippen molar-refractivity contribution in [3.63, 3.8) is 0 Å². The highest BCUT2D eigenvalue weighted by Gasteiger charge is 2.01. The summed E-state index contributed by atoms with van der Waals surface area (Å²) < 4.78 is 5.02. The molecule has 1 amide bonds. The highest BCUT2D eigenvalue weighted by Crippen LogP contribution is 2.00. The van der Waals surface area contributed by atoms with Crippen LogP contribution >= 0.6 is 0 Å². The van der Waals surface area contributed by atoms with E-state index in [4.69, 9.17) is 10.6 Å². The van der Waals surface area contributed by atoms with Gasteiger partial charge >= 0.3 is 6.09 Å². The minimum Gasteiger partial charge on any atom is -0.450 e. The summed E-state index contributed by atoms with van der Waals surface area (Å²) in [5, 5.41) is 2.73. The quantitative estimate of drug-likeness (QED) is 0.458. The van der Waals surface area contributed by atoms with Gasteiger partial charge in [0, 0.05) is 6.54 Å². The molecule has 0 aromatic rings. The zero-order valence-corrected chi connectivity index (χ0v) is 11.0. The molecule has 102 valence electrons. The van der Waals surface area contributed by atoms with Crippen LogP contribution in [0, 0.1) is 5.92 Å². The third kappa shape index (κ3) is 13.1. The summed E-state index contributed by atoms with van der Waals surface area (Å²) in [7, 11) is 0. The van der Waals surface area contributed by atoms with Gasteiger partial charge in [-0.2, -0.15) is 0 Å². The van der Waals surface area contributed by atoms with Gasteiger partial charge in [0.25, 0.3) is 0 Å². The number of nitrogens with one attached hydrogen (secondary N) is 1. The molecule has 0 heterocycles. The Morgan fingerprint density at radius 2 is 1.82 bits per heavy atom. The molecule has 0 atom stereocenters. The van der Waals surface area contributed by atoms with Crippen LogP contribution in [0.15, 0.2) is 0 Å². The predicted molar refractivity (Wildman–Crippen MR) is 67.4 cm³/mol. The van der Waals surface area contributed by atoms with Crippen molar-refractivity contribution < 1.29 is 14.4 Å². The van der Waals surface area contributed by atoms with Crippen molar-refractivity contribution in [2.75, 3.05) is 19.8 Å². The second kappa shape index (κ2) is 11.7. The Bertz CT molecular complexity index is 187. The maximum Gasteiger partial charge on any atom is 0.407 e. The SMILES string of the molecule is CC(C)CCNC(=O)OCCCCCCON. The van der Waals surface area contributed by atoms with Crippen LogP contribution in [0.1, 0.15) is 46.0 Å². The third-order valence-electron chi connectivity index (χ3n) is 2.38. The van der Waals surface area contributed by atoms with E-state index < -0.39 is 0 Å². The first-order valence-corrected chi connectivity index (χ1v) is 6.39. The van der Waals surface area contributed by atoms with Gasteiger partial charge in [0.2, 0.25) is 0 Å². The van der Waals surface area contributed by atoms with Gasteiger partial charge in [-0.1, -0.05) is 20.3 Å². The predicted octanol–water partition coefficient (Wildman–Crippen LogP) is 2.21. The van der Waals surface area contributed by atoms with Crippen molar-refractivity contribution in [2.24, 2.45) is 11.8 Å². The molecule has 0 fully saturated rings. The lowest BCUT2D eigenvalue weighted by Crippen LogP contribution is -2.26. The first-order chi connectivity index (χ1) is 8.16. The number of carbonyl (C=O) groups excluding carboxylic acids is 1. The Morgan fingerprint density at radius 1 is 1.18 bits per heavy atom. The van der Waals surface area contributed by atoms with Crippen molar-refractivity contribution in [1.29, 1.82) is 0 Å². The molecule has 0 rings (SSSR count). The number of alkyl carbamates (subject to hydrolysis) is 1. The molecule has 0 saturated carbocycles. The van der Waals surface area contributed by atoms with E-state index in [2.05, 4.69) is 24.0 Å². The number of unbranched alkanes of at least 4 members (excludes halogenated alkanes) is 3. The summed E-state index contributed by atoms with van der Waals surface area (Å²) in [4.78, 5) is 15.6. The first-order valence-electron chi connectivity index (χ1n) is 6.39. The highest BCUT2D eigenvalue weighted by atomic mass is 16.6. The third-order valence-corrected chi connectivity index (χ3v) is 2.38. The van der Waals surface area contributed by atoms with Crippen LogP contribution in [0.5, 0.6) is 0 Å². The molecule has 0 aliphatic rings. The fraction of sp³-hybridized carbons (Fsp3) is 0.917. The fourth-order valence-electron chi connectivity index (χ4n) is 1.32. The van der Waals surface area contributed by atoms with Crippen molar-refractivity contribution in [2.45, 2.75) is 46.0 Å². The summed E-state index contributed by atoms with van der Waals surface area (Å²) in [5.74, 6) is 5.50. The number of ether oxygens (including phenoxy) is 1. The molecule has 0 aliphatic carbocycles. The highest BCUT2D eigenvalue weighted by molar-refractivity contribution is 5.66. The molecule has 0 aliphatic heterocycles. The molecule has 3 N–H and O–H groups in total. The normalized spacial score (nSPS) is 10.6. The Balaban J connectivity index is 3.16. The van der Waals surface area contributed by atoms with Crippen molar-refractivity contribution in [1.82, 2.24) is 5.32 Å². The van der Waals surface area contributed by atoms with Gasteiger partial charge in [0.15, 0.2) is 0 Å². The van der Waals surface area contributed by atoms with E-state index in [1.54, 1.807) is 0 Å². The summed E-state index contributed by atoms with van der Waals surface area (Å²) in [5.41, 5.74) is 0. The van der Waals surface area contributed by atoms with Gasteiger partial charge in [0.1, 0.15) is 0 Å². The maximum atomic E-state index is 11.2.